The molecule has 0 aliphatic carbocycles. The van der Waals surface area contributed by atoms with Crippen molar-refractivity contribution in [1.82, 2.24) is 5.32 Å². The second kappa shape index (κ2) is 6.35. The zero-order chi connectivity index (χ0) is 8.65. The van der Waals surface area contributed by atoms with Crippen LogP contribution in [0.3, 0.4) is 0 Å². The molecule has 1 heterocycles. The van der Waals surface area contributed by atoms with E-state index in [1.807, 2.05) is 11.8 Å². The Morgan fingerprint density at radius 3 is 3.08 bits per heavy atom. The van der Waals surface area contributed by atoms with Crippen LogP contribution in [0.5, 0.6) is 0 Å². The molecule has 0 amide bonds. The Hall–Kier alpha value is -0.180. The lowest BCUT2D eigenvalue weighted by Gasteiger charge is -2.12. The van der Waals surface area contributed by atoms with Crippen LogP contribution < -0.4 is 5.32 Å². The maximum Gasteiger partial charge on any atom is 0.156 e. The average Bonchev–Trinajstić information content (AvgIpc) is 2.14. The molecule has 70 valence electrons. The van der Waals surface area contributed by atoms with E-state index >= 15 is 0 Å². The summed E-state index contributed by atoms with van der Waals surface area (Å²) in [6, 6.07) is 0. The molecule has 0 unspecified atom stereocenters. The van der Waals surface area contributed by atoms with Gasteiger partial charge in [0.25, 0.3) is 0 Å². The highest BCUT2D eigenvalue weighted by Crippen LogP contribution is 2.09. The summed E-state index contributed by atoms with van der Waals surface area (Å²) in [6.07, 6.45) is 5.13. The third-order valence-corrected chi connectivity index (χ3v) is 2.89. The number of hydrogen-bond acceptors (Lipinski definition) is 3. The van der Waals surface area contributed by atoms with Gasteiger partial charge in [-0.3, -0.25) is 4.99 Å². The van der Waals surface area contributed by atoms with Gasteiger partial charge >= 0.3 is 0 Å². The third-order valence-electron chi connectivity index (χ3n) is 1.85. The fraction of sp³-hybridized carbons (Fsp3) is 0.889. The molecule has 0 bridgehead atoms. The molecule has 0 saturated heterocycles. The van der Waals surface area contributed by atoms with Crippen LogP contribution in [0.25, 0.3) is 0 Å². The van der Waals surface area contributed by atoms with Gasteiger partial charge in [-0.1, -0.05) is 31.5 Å². The molecule has 3 heteroatoms. The molecule has 0 saturated carbocycles. The van der Waals surface area contributed by atoms with Gasteiger partial charge in [-0.25, -0.2) is 0 Å². The van der Waals surface area contributed by atoms with E-state index in [1.165, 1.54) is 31.4 Å². The van der Waals surface area contributed by atoms with Gasteiger partial charge in [0, 0.05) is 18.8 Å². The standard InChI is InChI=1S/C9H18N2S/c1-2-3-4-6-10-9-11-7-5-8-12-9/h2-8H2,1H3,(H,10,11). The van der Waals surface area contributed by atoms with Crippen LogP contribution in [0.1, 0.15) is 32.6 Å². The molecule has 0 aromatic rings. The first-order chi connectivity index (χ1) is 5.93. The SMILES string of the molecule is CCCCCNC1=NCCCS1. The molecular formula is C9H18N2S. The summed E-state index contributed by atoms with van der Waals surface area (Å²) in [5.41, 5.74) is 0. The Bertz CT molecular complexity index is 145. The van der Waals surface area contributed by atoms with Crippen molar-refractivity contribution in [1.29, 1.82) is 0 Å². The summed E-state index contributed by atoms with van der Waals surface area (Å²) in [6.45, 7) is 4.34. The van der Waals surface area contributed by atoms with Crippen molar-refractivity contribution in [3.63, 3.8) is 0 Å². The molecule has 0 radical (unpaired) electrons. The summed E-state index contributed by atoms with van der Waals surface area (Å²) < 4.78 is 0. The Balaban J connectivity index is 2.01. The van der Waals surface area contributed by atoms with Crippen LogP contribution in [0.2, 0.25) is 0 Å². The summed E-state index contributed by atoms with van der Waals surface area (Å²) in [5, 5.41) is 4.53. The number of nitrogens with one attached hydrogen (secondary N) is 1. The van der Waals surface area contributed by atoms with E-state index in [9.17, 15) is 0 Å². The molecule has 12 heavy (non-hydrogen) atoms. The molecule has 1 aliphatic rings. The predicted molar refractivity (Wildman–Crippen MR) is 56.9 cm³/mol. The summed E-state index contributed by atoms with van der Waals surface area (Å²) in [7, 11) is 0. The minimum Gasteiger partial charge on any atom is -0.365 e. The Labute approximate surface area is 79.2 Å². The minimum atomic E-state index is 1.02. The fourth-order valence-corrected chi connectivity index (χ4v) is 1.99. The number of rotatable bonds is 4. The van der Waals surface area contributed by atoms with E-state index in [2.05, 4.69) is 17.2 Å². The predicted octanol–water partition coefficient (Wildman–Crippen LogP) is 2.26. The lowest BCUT2D eigenvalue weighted by molar-refractivity contribution is 0.696. The monoisotopic (exact) mass is 186 g/mol. The van der Waals surface area contributed by atoms with E-state index in [0.29, 0.717) is 0 Å². The highest BCUT2D eigenvalue weighted by atomic mass is 32.2. The van der Waals surface area contributed by atoms with Gasteiger partial charge in [0.1, 0.15) is 0 Å². The van der Waals surface area contributed by atoms with Crippen LogP contribution in [0, 0.1) is 0 Å². The number of unbranched alkanes of at least 4 members (excludes halogenated alkanes) is 2. The molecule has 0 aromatic carbocycles. The molecular weight excluding hydrogens is 168 g/mol. The second-order valence-corrected chi connectivity index (χ2v) is 4.11. The van der Waals surface area contributed by atoms with Gasteiger partial charge in [0.2, 0.25) is 0 Å². The maximum absolute atomic E-state index is 4.40. The number of aliphatic imine (C=N–C) groups is 1. The molecule has 2 nitrogen and oxygen atoms in total. The van der Waals surface area contributed by atoms with E-state index < -0.39 is 0 Å². The zero-order valence-electron chi connectivity index (χ0n) is 7.81. The lowest BCUT2D eigenvalue weighted by Crippen LogP contribution is -2.24. The fourth-order valence-electron chi connectivity index (χ4n) is 1.14. The topological polar surface area (TPSA) is 24.4 Å². The lowest BCUT2D eigenvalue weighted by atomic mass is 10.2. The number of nitrogens with zero attached hydrogens (tertiary/aromatic N) is 1. The van der Waals surface area contributed by atoms with Crippen LogP contribution in [0.4, 0.5) is 0 Å². The van der Waals surface area contributed by atoms with Crippen molar-refractivity contribution in [3.8, 4) is 0 Å². The normalized spacial score (nSPS) is 17.2. The molecule has 1 N–H and O–H groups in total. The van der Waals surface area contributed by atoms with Gasteiger partial charge in [-0.05, 0) is 12.8 Å². The minimum absolute atomic E-state index is 1.02. The first-order valence-electron chi connectivity index (χ1n) is 4.84. The molecule has 0 fully saturated rings. The molecule has 1 aliphatic heterocycles. The highest BCUT2D eigenvalue weighted by Gasteiger charge is 2.03. The second-order valence-electron chi connectivity index (χ2n) is 3.02. The maximum atomic E-state index is 4.40. The Kier molecular flexibility index (Phi) is 5.24. The Morgan fingerprint density at radius 2 is 2.42 bits per heavy atom. The van der Waals surface area contributed by atoms with E-state index in [0.717, 1.165) is 18.3 Å². The first kappa shape index (κ1) is 9.90. The molecule has 0 aromatic heterocycles. The van der Waals surface area contributed by atoms with E-state index in [-0.39, 0.29) is 0 Å². The van der Waals surface area contributed by atoms with Gasteiger partial charge < -0.3 is 5.32 Å². The zero-order valence-corrected chi connectivity index (χ0v) is 8.62. The van der Waals surface area contributed by atoms with Crippen molar-refractivity contribution >= 4 is 16.9 Å². The highest BCUT2D eigenvalue weighted by molar-refractivity contribution is 8.13. The van der Waals surface area contributed by atoms with Gasteiger partial charge in [0.05, 0.1) is 0 Å². The van der Waals surface area contributed by atoms with Gasteiger partial charge in [0.15, 0.2) is 5.17 Å². The number of thioether (sulfide) groups is 1. The third kappa shape index (κ3) is 4.00. The van der Waals surface area contributed by atoms with Crippen LogP contribution in [-0.2, 0) is 0 Å². The molecule has 1 rings (SSSR count). The van der Waals surface area contributed by atoms with Crippen LogP contribution in [0.15, 0.2) is 4.99 Å². The van der Waals surface area contributed by atoms with Gasteiger partial charge in [-0.2, -0.15) is 0 Å². The van der Waals surface area contributed by atoms with Gasteiger partial charge in [-0.15, -0.1) is 0 Å². The smallest absolute Gasteiger partial charge is 0.156 e. The number of hydrogen-bond donors (Lipinski definition) is 1. The first-order valence-corrected chi connectivity index (χ1v) is 5.83. The Morgan fingerprint density at radius 1 is 1.50 bits per heavy atom. The van der Waals surface area contributed by atoms with E-state index in [4.69, 9.17) is 0 Å². The molecule has 0 atom stereocenters. The van der Waals surface area contributed by atoms with Crippen molar-refractivity contribution < 1.29 is 0 Å². The summed E-state index contributed by atoms with van der Waals surface area (Å²) in [4.78, 5) is 4.40. The summed E-state index contributed by atoms with van der Waals surface area (Å²) >= 11 is 1.86. The van der Waals surface area contributed by atoms with Crippen LogP contribution in [-0.4, -0.2) is 24.0 Å². The largest absolute Gasteiger partial charge is 0.365 e. The summed E-state index contributed by atoms with van der Waals surface area (Å²) in [5.74, 6) is 1.24. The van der Waals surface area contributed by atoms with E-state index in [1.54, 1.807) is 0 Å². The van der Waals surface area contributed by atoms with Crippen molar-refractivity contribution in [2.24, 2.45) is 4.99 Å². The van der Waals surface area contributed by atoms with Crippen molar-refractivity contribution in [2.45, 2.75) is 32.6 Å². The number of amidine groups is 1. The quantitative estimate of drug-likeness (QED) is 0.681. The van der Waals surface area contributed by atoms with Crippen LogP contribution >= 0.6 is 11.8 Å². The van der Waals surface area contributed by atoms with Crippen molar-refractivity contribution in [2.75, 3.05) is 18.8 Å². The average molecular weight is 186 g/mol. The van der Waals surface area contributed by atoms with Crippen molar-refractivity contribution in [3.05, 3.63) is 0 Å². The molecule has 0 spiro atoms.